The van der Waals surface area contributed by atoms with Crippen molar-refractivity contribution in [3.8, 4) is 0 Å². The molecule has 2 aromatic rings. The average Bonchev–Trinajstić information content (AvgIpc) is 3.09. The normalized spacial score (nSPS) is 14.4. The average molecular weight is 279 g/mol. The van der Waals surface area contributed by atoms with Crippen LogP contribution in [0.5, 0.6) is 0 Å². The summed E-state index contributed by atoms with van der Waals surface area (Å²) in [6.45, 7) is 1.76. The molecular formula is C12H11ClN4O2. The number of amides is 1. The Morgan fingerprint density at radius 2 is 2.21 bits per heavy atom. The predicted octanol–water partition coefficient (Wildman–Crippen LogP) is 2.56. The molecule has 0 aliphatic heterocycles. The van der Waals surface area contributed by atoms with Crippen LogP contribution in [0.2, 0.25) is 5.15 Å². The van der Waals surface area contributed by atoms with Crippen LogP contribution >= 0.6 is 11.6 Å². The summed E-state index contributed by atoms with van der Waals surface area (Å²) in [7, 11) is 0. The van der Waals surface area contributed by atoms with Gasteiger partial charge in [-0.2, -0.15) is 0 Å². The summed E-state index contributed by atoms with van der Waals surface area (Å²) in [5.74, 6) is 0.591. The number of aryl methyl sites for hydroxylation is 1. The van der Waals surface area contributed by atoms with Crippen molar-refractivity contribution >= 4 is 23.5 Å². The van der Waals surface area contributed by atoms with E-state index in [-0.39, 0.29) is 17.1 Å². The number of aromatic nitrogens is 3. The van der Waals surface area contributed by atoms with Crippen molar-refractivity contribution in [3.63, 3.8) is 0 Å². The monoisotopic (exact) mass is 278 g/mol. The molecule has 0 unspecified atom stereocenters. The lowest BCUT2D eigenvalue weighted by Gasteiger charge is -2.02. The molecule has 0 saturated heterocycles. The number of rotatable bonds is 3. The first-order valence-electron chi connectivity index (χ1n) is 5.91. The van der Waals surface area contributed by atoms with Gasteiger partial charge in [0.05, 0.1) is 0 Å². The highest BCUT2D eigenvalue weighted by Crippen LogP contribution is 2.39. The molecule has 6 nitrogen and oxygen atoms in total. The van der Waals surface area contributed by atoms with Crippen LogP contribution < -0.4 is 5.32 Å². The minimum Gasteiger partial charge on any atom is -0.408 e. The first-order chi connectivity index (χ1) is 9.11. The Labute approximate surface area is 114 Å². The molecule has 0 aromatic carbocycles. The minimum atomic E-state index is -0.349. The quantitative estimate of drug-likeness (QED) is 0.873. The lowest BCUT2D eigenvalue weighted by molar-refractivity contribution is 0.102. The summed E-state index contributed by atoms with van der Waals surface area (Å²) in [5, 5.41) is 10.5. The molecule has 3 rings (SSSR count). The first-order valence-corrected chi connectivity index (χ1v) is 6.28. The third-order valence-corrected chi connectivity index (χ3v) is 2.97. The molecule has 2 heterocycles. The fraction of sp³-hybridized carbons (Fsp3) is 0.333. The van der Waals surface area contributed by atoms with E-state index in [4.69, 9.17) is 16.0 Å². The summed E-state index contributed by atoms with van der Waals surface area (Å²) in [6, 6.07) is 3.24. The Hall–Kier alpha value is -1.95. The van der Waals surface area contributed by atoms with Crippen molar-refractivity contribution in [1.82, 2.24) is 15.2 Å². The topological polar surface area (TPSA) is 80.9 Å². The van der Waals surface area contributed by atoms with Crippen LogP contribution in [0.25, 0.3) is 0 Å². The molecule has 1 aliphatic rings. The van der Waals surface area contributed by atoms with Crippen LogP contribution in [0, 0.1) is 6.92 Å². The molecule has 19 heavy (non-hydrogen) atoms. The number of anilines is 1. The Morgan fingerprint density at radius 3 is 2.89 bits per heavy atom. The van der Waals surface area contributed by atoms with Gasteiger partial charge in [-0.3, -0.25) is 10.1 Å². The standard InChI is InChI=1S/C12H11ClN4O2/c1-6-4-8(5-9(13)14-6)10(18)15-12-17-16-11(19-12)7-2-3-7/h4-5,7H,2-3H2,1H3,(H,15,17,18). The molecule has 0 bridgehead atoms. The number of hydrogen-bond donors (Lipinski definition) is 1. The molecule has 1 saturated carbocycles. The van der Waals surface area contributed by atoms with E-state index in [1.807, 2.05) is 0 Å². The molecule has 7 heteroatoms. The lowest BCUT2D eigenvalue weighted by atomic mass is 10.2. The van der Waals surface area contributed by atoms with E-state index in [0.717, 1.165) is 12.8 Å². The Kier molecular flexibility index (Phi) is 2.94. The van der Waals surface area contributed by atoms with Gasteiger partial charge in [0.25, 0.3) is 5.91 Å². The van der Waals surface area contributed by atoms with Crippen molar-refractivity contribution in [2.45, 2.75) is 25.7 Å². The fourth-order valence-corrected chi connectivity index (χ4v) is 1.96. The molecule has 98 valence electrons. The van der Waals surface area contributed by atoms with Crippen LogP contribution in [-0.2, 0) is 0 Å². The number of halogens is 1. The van der Waals surface area contributed by atoms with Gasteiger partial charge in [0.15, 0.2) is 0 Å². The maximum atomic E-state index is 12.0. The first kappa shape index (κ1) is 12.1. The maximum Gasteiger partial charge on any atom is 0.322 e. The Balaban J connectivity index is 1.75. The largest absolute Gasteiger partial charge is 0.408 e. The van der Waals surface area contributed by atoms with E-state index in [9.17, 15) is 4.79 Å². The van der Waals surface area contributed by atoms with Crippen molar-refractivity contribution in [2.24, 2.45) is 0 Å². The van der Waals surface area contributed by atoms with Crippen molar-refractivity contribution in [3.05, 3.63) is 34.4 Å². The summed E-state index contributed by atoms with van der Waals surface area (Å²) >= 11 is 5.81. The van der Waals surface area contributed by atoms with Gasteiger partial charge in [-0.15, -0.1) is 5.10 Å². The highest BCUT2D eigenvalue weighted by atomic mass is 35.5. The summed E-state index contributed by atoms with van der Waals surface area (Å²) < 4.78 is 5.36. The fourth-order valence-electron chi connectivity index (χ4n) is 1.71. The van der Waals surface area contributed by atoms with Gasteiger partial charge in [-0.05, 0) is 31.9 Å². The number of nitrogens with one attached hydrogen (secondary N) is 1. The van der Waals surface area contributed by atoms with Gasteiger partial charge in [0.1, 0.15) is 5.15 Å². The van der Waals surface area contributed by atoms with Gasteiger partial charge in [-0.1, -0.05) is 16.7 Å². The highest BCUT2D eigenvalue weighted by Gasteiger charge is 2.29. The van der Waals surface area contributed by atoms with E-state index in [0.29, 0.717) is 23.1 Å². The highest BCUT2D eigenvalue weighted by molar-refractivity contribution is 6.29. The van der Waals surface area contributed by atoms with Crippen LogP contribution in [0.3, 0.4) is 0 Å². The third kappa shape index (κ3) is 2.73. The summed E-state index contributed by atoms with van der Waals surface area (Å²) in [6.07, 6.45) is 2.13. The number of nitrogens with zero attached hydrogens (tertiary/aromatic N) is 3. The maximum absolute atomic E-state index is 12.0. The van der Waals surface area contributed by atoms with Crippen LogP contribution in [0.15, 0.2) is 16.5 Å². The number of hydrogen-bond acceptors (Lipinski definition) is 5. The number of carbonyl (C=O) groups excluding carboxylic acids is 1. The van der Waals surface area contributed by atoms with Gasteiger partial charge in [0, 0.05) is 17.2 Å². The van der Waals surface area contributed by atoms with Gasteiger partial charge < -0.3 is 4.42 Å². The van der Waals surface area contributed by atoms with Crippen LogP contribution in [0.1, 0.15) is 40.7 Å². The van der Waals surface area contributed by atoms with E-state index >= 15 is 0 Å². The Morgan fingerprint density at radius 1 is 1.42 bits per heavy atom. The molecule has 1 amide bonds. The molecule has 0 atom stereocenters. The van der Waals surface area contributed by atoms with E-state index < -0.39 is 0 Å². The lowest BCUT2D eigenvalue weighted by Crippen LogP contribution is -2.12. The SMILES string of the molecule is Cc1cc(C(=O)Nc2nnc(C3CC3)o2)cc(Cl)n1. The van der Waals surface area contributed by atoms with Crippen LogP contribution in [0.4, 0.5) is 6.01 Å². The molecule has 1 N–H and O–H groups in total. The van der Waals surface area contributed by atoms with Crippen molar-refractivity contribution in [1.29, 1.82) is 0 Å². The van der Waals surface area contributed by atoms with E-state index in [1.54, 1.807) is 13.0 Å². The molecule has 0 radical (unpaired) electrons. The molecule has 1 fully saturated rings. The number of carbonyl (C=O) groups is 1. The molecule has 2 aromatic heterocycles. The van der Waals surface area contributed by atoms with E-state index in [1.165, 1.54) is 6.07 Å². The predicted molar refractivity (Wildman–Crippen MR) is 68.2 cm³/mol. The second-order valence-electron chi connectivity index (χ2n) is 4.49. The molecule has 0 spiro atoms. The molecule has 1 aliphatic carbocycles. The van der Waals surface area contributed by atoms with Crippen molar-refractivity contribution in [2.75, 3.05) is 5.32 Å². The minimum absolute atomic E-state index is 0.109. The zero-order chi connectivity index (χ0) is 13.4. The van der Waals surface area contributed by atoms with Gasteiger partial charge in [-0.25, -0.2) is 4.98 Å². The van der Waals surface area contributed by atoms with Crippen molar-refractivity contribution < 1.29 is 9.21 Å². The smallest absolute Gasteiger partial charge is 0.322 e. The van der Waals surface area contributed by atoms with Gasteiger partial charge in [0.2, 0.25) is 5.89 Å². The second-order valence-corrected chi connectivity index (χ2v) is 4.88. The summed E-state index contributed by atoms with van der Waals surface area (Å²) in [5.41, 5.74) is 1.07. The second kappa shape index (κ2) is 4.62. The number of pyridine rings is 1. The van der Waals surface area contributed by atoms with E-state index in [2.05, 4.69) is 20.5 Å². The zero-order valence-electron chi connectivity index (χ0n) is 10.2. The zero-order valence-corrected chi connectivity index (χ0v) is 10.9. The van der Waals surface area contributed by atoms with Gasteiger partial charge >= 0.3 is 6.01 Å². The summed E-state index contributed by atoms with van der Waals surface area (Å²) in [4.78, 5) is 16.0. The molecular weight excluding hydrogens is 268 g/mol. The third-order valence-electron chi connectivity index (χ3n) is 2.77. The Bertz CT molecular complexity index is 616. The van der Waals surface area contributed by atoms with Crippen LogP contribution in [-0.4, -0.2) is 21.1 Å².